The largest absolute Gasteiger partial charge is 0.296 e. The number of anilines is 1. The first-order valence-electron chi connectivity index (χ1n) is 6.69. The zero-order valence-electron chi connectivity index (χ0n) is 12.4. The molecule has 0 spiro atoms. The van der Waals surface area contributed by atoms with Crippen LogP contribution in [0.1, 0.15) is 21.1 Å². The van der Waals surface area contributed by atoms with E-state index in [1.54, 1.807) is 24.3 Å². The number of amides is 1. The van der Waals surface area contributed by atoms with Gasteiger partial charge in [0, 0.05) is 17.3 Å². The number of thiazole rings is 1. The highest BCUT2D eigenvalue weighted by Crippen LogP contribution is 2.22. The minimum absolute atomic E-state index is 0.211. The van der Waals surface area contributed by atoms with Gasteiger partial charge < -0.3 is 0 Å². The van der Waals surface area contributed by atoms with E-state index in [0.29, 0.717) is 15.9 Å². The molecule has 2 aromatic heterocycles. The molecular weight excluding hydrogens is 300 g/mol. The van der Waals surface area contributed by atoms with E-state index in [2.05, 4.69) is 15.4 Å². The summed E-state index contributed by atoms with van der Waals surface area (Å²) in [5.41, 5.74) is 0.870. The average molecular weight is 314 g/mol. The van der Waals surface area contributed by atoms with Crippen molar-refractivity contribution >= 4 is 33.1 Å². The number of carbonyl (C=O) groups is 1. The molecule has 0 aliphatic rings. The van der Waals surface area contributed by atoms with Gasteiger partial charge in [-0.25, -0.2) is 9.67 Å². The summed E-state index contributed by atoms with van der Waals surface area (Å²) >= 11 is 1.41. The zero-order chi connectivity index (χ0) is 15.9. The van der Waals surface area contributed by atoms with E-state index in [0.717, 1.165) is 10.6 Å². The fraction of sp³-hybridized carbons (Fsp3) is 0.200. The van der Waals surface area contributed by atoms with E-state index < -0.39 is 0 Å². The van der Waals surface area contributed by atoms with Gasteiger partial charge in [0.15, 0.2) is 10.8 Å². The Labute approximate surface area is 130 Å². The molecule has 3 aromatic rings. The second kappa shape index (κ2) is 5.34. The van der Waals surface area contributed by atoms with Gasteiger partial charge in [-0.15, -0.1) is 11.3 Å². The molecule has 0 bridgehead atoms. The van der Waals surface area contributed by atoms with Gasteiger partial charge in [0.2, 0.25) is 0 Å². The summed E-state index contributed by atoms with van der Waals surface area (Å²) in [4.78, 5) is 29.9. The van der Waals surface area contributed by atoms with Gasteiger partial charge in [0.05, 0.1) is 11.1 Å². The second-order valence-electron chi connectivity index (χ2n) is 4.94. The number of fused-ring (bicyclic) bond motifs is 1. The SMILES string of the molecule is Cc1nc(NC(=O)c2nn(C)c(=O)c3ccccc23)sc1C. The summed E-state index contributed by atoms with van der Waals surface area (Å²) in [6, 6.07) is 6.95. The normalized spacial score (nSPS) is 10.9. The Kier molecular flexibility index (Phi) is 3.50. The molecule has 0 atom stereocenters. The lowest BCUT2D eigenvalue weighted by molar-refractivity contribution is 0.102. The Balaban J connectivity index is 2.08. The number of nitrogens with zero attached hydrogens (tertiary/aromatic N) is 3. The molecule has 7 heteroatoms. The van der Waals surface area contributed by atoms with E-state index in [1.165, 1.54) is 23.1 Å². The van der Waals surface area contributed by atoms with E-state index in [4.69, 9.17) is 0 Å². The van der Waals surface area contributed by atoms with Crippen LogP contribution in [-0.2, 0) is 7.05 Å². The van der Waals surface area contributed by atoms with Crippen LogP contribution in [0.2, 0.25) is 0 Å². The molecule has 0 radical (unpaired) electrons. The third-order valence-corrected chi connectivity index (χ3v) is 4.41. The van der Waals surface area contributed by atoms with E-state index in [1.807, 2.05) is 13.8 Å². The van der Waals surface area contributed by atoms with Crippen molar-refractivity contribution in [2.75, 3.05) is 5.32 Å². The molecule has 0 fully saturated rings. The number of aromatic nitrogens is 3. The Morgan fingerprint density at radius 3 is 2.55 bits per heavy atom. The third kappa shape index (κ3) is 2.39. The molecule has 0 saturated heterocycles. The van der Waals surface area contributed by atoms with Crippen LogP contribution in [0.25, 0.3) is 10.8 Å². The van der Waals surface area contributed by atoms with Crippen LogP contribution >= 0.6 is 11.3 Å². The van der Waals surface area contributed by atoms with Crippen molar-refractivity contribution in [3.63, 3.8) is 0 Å². The predicted octanol–water partition coefficient (Wildman–Crippen LogP) is 2.26. The van der Waals surface area contributed by atoms with Gasteiger partial charge in [0.1, 0.15) is 0 Å². The van der Waals surface area contributed by atoms with Crippen LogP contribution in [0.3, 0.4) is 0 Å². The highest BCUT2D eigenvalue weighted by atomic mass is 32.1. The first-order valence-corrected chi connectivity index (χ1v) is 7.50. The van der Waals surface area contributed by atoms with Crippen molar-refractivity contribution < 1.29 is 4.79 Å². The Morgan fingerprint density at radius 1 is 1.23 bits per heavy atom. The fourth-order valence-electron chi connectivity index (χ4n) is 2.15. The number of nitrogens with one attached hydrogen (secondary N) is 1. The highest BCUT2D eigenvalue weighted by Gasteiger charge is 2.17. The number of carbonyl (C=O) groups excluding carboxylic acids is 1. The van der Waals surface area contributed by atoms with Crippen LogP contribution in [0.4, 0.5) is 5.13 Å². The summed E-state index contributed by atoms with van der Waals surface area (Å²) in [6.07, 6.45) is 0. The smallest absolute Gasteiger partial charge is 0.278 e. The van der Waals surface area contributed by atoms with Crippen LogP contribution < -0.4 is 10.9 Å². The molecule has 0 saturated carbocycles. The number of aryl methyl sites for hydroxylation is 3. The molecule has 1 amide bonds. The molecule has 0 unspecified atom stereocenters. The lowest BCUT2D eigenvalue weighted by Crippen LogP contribution is -2.25. The van der Waals surface area contributed by atoms with E-state index in [9.17, 15) is 9.59 Å². The highest BCUT2D eigenvalue weighted by molar-refractivity contribution is 7.15. The first-order chi connectivity index (χ1) is 10.5. The first kappa shape index (κ1) is 14.4. The van der Waals surface area contributed by atoms with Gasteiger partial charge in [-0.05, 0) is 19.9 Å². The van der Waals surface area contributed by atoms with E-state index in [-0.39, 0.29) is 17.2 Å². The third-order valence-electron chi connectivity index (χ3n) is 3.42. The maximum atomic E-state index is 12.5. The molecule has 1 aromatic carbocycles. The molecule has 22 heavy (non-hydrogen) atoms. The van der Waals surface area contributed by atoms with Crippen molar-refractivity contribution in [1.82, 2.24) is 14.8 Å². The van der Waals surface area contributed by atoms with Gasteiger partial charge in [-0.2, -0.15) is 5.10 Å². The number of hydrogen-bond acceptors (Lipinski definition) is 5. The van der Waals surface area contributed by atoms with Crippen LogP contribution in [0, 0.1) is 13.8 Å². The Morgan fingerprint density at radius 2 is 1.91 bits per heavy atom. The number of rotatable bonds is 2. The number of hydrogen-bond donors (Lipinski definition) is 1. The van der Waals surface area contributed by atoms with Crippen molar-refractivity contribution in [2.45, 2.75) is 13.8 Å². The van der Waals surface area contributed by atoms with Crippen molar-refractivity contribution in [1.29, 1.82) is 0 Å². The van der Waals surface area contributed by atoms with Gasteiger partial charge in [0.25, 0.3) is 11.5 Å². The molecular formula is C15H14N4O2S. The van der Waals surface area contributed by atoms with Gasteiger partial charge >= 0.3 is 0 Å². The summed E-state index contributed by atoms with van der Waals surface area (Å²) in [7, 11) is 1.53. The Hall–Kier alpha value is -2.54. The lowest BCUT2D eigenvalue weighted by Gasteiger charge is -2.07. The maximum absolute atomic E-state index is 12.5. The monoisotopic (exact) mass is 314 g/mol. The van der Waals surface area contributed by atoms with Crippen LogP contribution in [0.15, 0.2) is 29.1 Å². The van der Waals surface area contributed by atoms with Crippen molar-refractivity contribution in [3.8, 4) is 0 Å². The van der Waals surface area contributed by atoms with Crippen LogP contribution in [0.5, 0.6) is 0 Å². The topological polar surface area (TPSA) is 76.9 Å². The average Bonchev–Trinajstić information content (AvgIpc) is 2.81. The second-order valence-corrected chi connectivity index (χ2v) is 6.14. The van der Waals surface area contributed by atoms with Crippen LogP contribution in [-0.4, -0.2) is 20.7 Å². The number of benzene rings is 1. The molecule has 0 aliphatic carbocycles. The summed E-state index contributed by atoms with van der Waals surface area (Å²) in [5.74, 6) is -0.374. The molecule has 0 aliphatic heterocycles. The minimum atomic E-state index is -0.374. The fourth-order valence-corrected chi connectivity index (χ4v) is 2.96. The van der Waals surface area contributed by atoms with Gasteiger partial charge in [-0.1, -0.05) is 18.2 Å². The van der Waals surface area contributed by atoms with Crippen molar-refractivity contribution in [2.24, 2.45) is 7.05 Å². The Bertz CT molecular complexity index is 923. The van der Waals surface area contributed by atoms with Gasteiger partial charge in [-0.3, -0.25) is 14.9 Å². The quantitative estimate of drug-likeness (QED) is 0.787. The maximum Gasteiger partial charge on any atom is 0.278 e. The lowest BCUT2D eigenvalue weighted by atomic mass is 10.1. The predicted molar refractivity (Wildman–Crippen MR) is 86.5 cm³/mol. The minimum Gasteiger partial charge on any atom is -0.296 e. The summed E-state index contributed by atoms with van der Waals surface area (Å²) in [5, 5.41) is 8.38. The summed E-state index contributed by atoms with van der Waals surface area (Å²) < 4.78 is 1.18. The molecule has 6 nitrogen and oxygen atoms in total. The molecule has 2 heterocycles. The van der Waals surface area contributed by atoms with Crippen molar-refractivity contribution in [3.05, 3.63) is 50.9 Å². The zero-order valence-corrected chi connectivity index (χ0v) is 13.2. The molecule has 1 N–H and O–H groups in total. The van der Waals surface area contributed by atoms with E-state index >= 15 is 0 Å². The summed E-state index contributed by atoms with van der Waals surface area (Å²) in [6.45, 7) is 3.84. The standard InChI is InChI=1S/C15H14N4O2S/c1-8-9(2)22-15(16-8)17-13(20)12-10-6-4-5-7-11(10)14(21)19(3)18-12/h4-7H,1-3H3,(H,16,17,20). The molecule has 3 rings (SSSR count). The molecule has 112 valence electrons.